The van der Waals surface area contributed by atoms with Gasteiger partial charge in [-0.3, -0.25) is 4.79 Å². The number of aromatic nitrogens is 1. The summed E-state index contributed by atoms with van der Waals surface area (Å²) >= 11 is 1.17. The maximum atomic E-state index is 13.3. The SMILES string of the molecule is COc1ccc2cc(CN(C)C(=O)CN(c3nccs3)S(=O)(=O)c3ccccc3)ccc2c1. The van der Waals surface area contributed by atoms with E-state index in [-0.39, 0.29) is 22.5 Å². The van der Waals surface area contributed by atoms with Crippen LogP contribution in [0, 0.1) is 0 Å². The first-order valence-electron chi connectivity index (χ1n) is 10.2. The van der Waals surface area contributed by atoms with E-state index in [1.807, 2.05) is 36.4 Å². The van der Waals surface area contributed by atoms with Crippen molar-refractivity contribution >= 4 is 43.2 Å². The van der Waals surface area contributed by atoms with Crippen LogP contribution in [-0.2, 0) is 21.4 Å². The van der Waals surface area contributed by atoms with Gasteiger partial charge in [0.15, 0.2) is 5.13 Å². The number of sulfonamides is 1. The van der Waals surface area contributed by atoms with Crippen LogP contribution in [0.1, 0.15) is 5.56 Å². The first-order chi connectivity index (χ1) is 15.9. The molecule has 1 amide bonds. The van der Waals surface area contributed by atoms with Gasteiger partial charge >= 0.3 is 0 Å². The van der Waals surface area contributed by atoms with E-state index in [0.29, 0.717) is 6.54 Å². The second-order valence-electron chi connectivity index (χ2n) is 7.44. The van der Waals surface area contributed by atoms with Crippen LogP contribution < -0.4 is 9.04 Å². The third-order valence-corrected chi connectivity index (χ3v) is 7.86. The Morgan fingerprint density at radius 3 is 2.45 bits per heavy atom. The number of carbonyl (C=O) groups excluding carboxylic acids is 1. The van der Waals surface area contributed by atoms with E-state index in [0.717, 1.165) is 26.4 Å². The Morgan fingerprint density at radius 1 is 1.03 bits per heavy atom. The first-order valence-corrected chi connectivity index (χ1v) is 12.5. The molecule has 0 saturated carbocycles. The van der Waals surface area contributed by atoms with Gasteiger partial charge in [-0.2, -0.15) is 0 Å². The Kier molecular flexibility index (Phi) is 6.62. The number of methoxy groups -OCH3 is 1. The molecule has 0 atom stereocenters. The molecule has 3 aromatic carbocycles. The van der Waals surface area contributed by atoms with Crippen LogP contribution in [0.25, 0.3) is 10.8 Å². The van der Waals surface area contributed by atoms with Crippen LogP contribution in [-0.4, -0.2) is 44.9 Å². The lowest BCUT2D eigenvalue weighted by molar-refractivity contribution is -0.128. The van der Waals surface area contributed by atoms with E-state index in [1.54, 1.807) is 37.7 Å². The molecule has 0 unspecified atom stereocenters. The average molecular weight is 482 g/mol. The molecule has 7 nitrogen and oxygen atoms in total. The summed E-state index contributed by atoms with van der Waals surface area (Å²) in [5, 5.41) is 4.00. The molecule has 0 N–H and O–H groups in total. The van der Waals surface area contributed by atoms with Crippen molar-refractivity contribution in [3.05, 3.63) is 83.9 Å². The zero-order chi connectivity index (χ0) is 23.4. The van der Waals surface area contributed by atoms with Crippen molar-refractivity contribution in [1.82, 2.24) is 9.88 Å². The number of hydrogen-bond acceptors (Lipinski definition) is 6. The summed E-state index contributed by atoms with van der Waals surface area (Å²) in [6, 6.07) is 19.8. The van der Waals surface area contributed by atoms with Gasteiger partial charge < -0.3 is 9.64 Å². The van der Waals surface area contributed by atoms with E-state index in [4.69, 9.17) is 4.74 Å². The van der Waals surface area contributed by atoms with Gasteiger partial charge in [-0.1, -0.05) is 36.4 Å². The molecule has 0 saturated heterocycles. The lowest BCUT2D eigenvalue weighted by Crippen LogP contribution is -2.41. The molecular weight excluding hydrogens is 458 g/mol. The summed E-state index contributed by atoms with van der Waals surface area (Å²) in [4.78, 5) is 18.8. The molecule has 0 aliphatic rings. The lowest BCUT2D eigenvalue weighted by atomic mass is 10.1. The topological polar surface area (TPSA) is 79.8 Å². The Labute approximate surface area is 196 Å². The van der Waals surface area contributed by atoms with Crippen molar-refractivity contribution in [3.8, 4) is 5.75 Å². The molecule has 1 aromatic heterocycles. The predicted molar refractivity (Wildman–Crippen MR) is 130 cm³/mol. The fourth-order valence-electron chi connectivity index (χ4n) is 3.42. The van der Waals surface area contributed by atoms with Gasteiger partial charge in [0.1, 0.15) is 12.3 Å². The minimum Gasteiger partial charge on any atom is -0.497 e. The molecule has 9 heteroatoms. The molecule has 0 aliphatic carbocycles. The van der Waals surface area contributed by atoms with E-state index >= 15 is 0 Å². The molecule has 4 aromatic rings. The number of nitrogens with zero attached hydrogens (tertiary/aromatic N) is 3. The van der Waals surface area contributed by atoms with Crippen molar-refractivity contribution in [2.75, 3.05) is 25.0 Å². The number of benzene rings is 3. The maximum Gasteiger partial charge on any atom is 0.266 e. The molecule has 0 fully saturated rings. The van der Waals surface area contributed by atoms with Gasteiger partial charge in [0.2, 0.25) is 5.91 Å². The van der Waals surface area contributed by atoms with E-state index < -0.39 is 10.0 Å². The summed E-state index contributed by atoms with van der Waals surface area (Å²) in [5.41, 5.74) is 0.940. The summed E-state index contributed by atoms with van der Waals surface area (Å²) in [6.45, 7) is 0.00389. The van der Waals surface area contributed by atoms with Crippen LogP contribution in [0.4, 0.5) is 5.13 Å². The fourth-order valence-corrected chi connectivity index (χ4v) is 5.68. The molecule has 1 heterocycles. The fraction of sp³-hybridized carbons (Fsp3) is 0.167. The maximum absolute atomic E-state index is 13.3. The van der Waals surface area contributed by atoms with Gasteiger partial charge in [0, 0.05) is 25.2 Å². The number of hydrogen-bond donors (Lipinski definition) is 0. The smallest absolute Gasteiger partial charge is 0.266 e. The normalized spacial score (nSPS) is 11.3. The van der Waals surface area contributed by atoms with Crippen LogP contribution in [0.2, 0.25) is 0 Å². The highest BCUT2D eigenvalue weighted by Crippen LogP contribution is 2.26. The largest absolute Gasteiger partial charge is 0.497 e. The second kappa shape index (κ2) is 9.60. The molecule has 170 valence electrons. The molecule has 0 radical (unpaired) electrons. The standard InChI is InChI=1S/C24H23N3O4S2/c1-26(16-18-8-9-20-15-21(31-2)11-10-19(20)14-18)23(28)17-27(24-25-12-13-32-24)33(29,30)22-6-4-3-5-7-22/h3-15H,16-17H2,1-2H3. The van der Waals surface area contributed by atoms with E-state index in [2.05, 4.69) is 4.98 Å². The highest BCUT2D eigenvalue weighted by atomic mass is 32.2. The lowest BCUT2D eigenvalue weighted by Gasteiger charge is -2.24. The van der Waals surface area contributed by atoms with Gasteiger partial charge in [0.05, 0.1) is 12.0 Å². The number of rotatable bonds is 8. The van der Waals surface area contributed by atoms with Crippen LogP contribution in [0.3, 0.4) is 0 Å². The Balaban J connectivity index is 1.54. The van der Waals surface area contributed by atoms with Crippen molar-refractivity contribution in [2.45, 2.75) is 11.4 Å². The zero-order valence-electron chi connectivity index (χ0n) is 18.2. The van der Waals surface area contributed by atoms with E-state index in [1.165, 1.54) is 34.6 Å². The summed E-state index contributed by atoms with van der Waals surface area (Å²) in [7, 11) is -0.649. The molecule has 4 rings (SSSR count). The number of anilines is 1. The van der Waals surface area contributed by atoms with Crippen molar-refractivity contribution in [2.24, 2.45) is 0 Å². The third-order valence-electron chi connectivity index (χ3n) is 5.20. The Hall–Kier alpha value is -3.43. The Bertz CT molecular complexity index is 1360. The first kappa shape index (κ1) is 22.8. The summed E-state index contributed by atoms with van der Waals surface area (Å²) in [6.07, 6.45) is 1.52. The van der Waals surface area contributed by atoms with Crippen molar-refractivity contribution in [1.29, 1.82) is 0 Å². The van der Waals surface area contributed by atoms with Crippen LogP contribution >= 0.6 is 11.3 Å². The predicted octanol–water partition coefficient (Wildman–Crippen LogP) is 4.16. The number of carbonyl (C=O) groups is 1. The Morgan fingerprint density at radius 2 is 1.76 bits per heavy atom. The number of fused-ring (bicyclic) bond motifs is 1. The minimum atomic E-state index is -3.94. The van der Waals surface area contributed by atoms with Gasteiger partial charge in [-0.05, 0) is 46.7 Å². The van der Waals surface area contributed by atoms with Gasteiger partial charge in [-0.25, -0.2) is 17.7 Å². The minimum absolute atomic E-state index is 0.112. The summed E-state index contributed by atoms with van der Waals surface area (Å²) < 4.78 is 32.8. The quantitative estimate of drug-likeness (QED) is 0.378. The number of amides is 1. The average Bonchev–Trinajstić information content (AvgIpc) is 3.36. The van der Waals surface area contributed by atoms with E-state index in [9.17, 15) is 13.2 Å². The van der Waals surface area contributed by atoms with Gasteiger partial charge in [0.25, 0.3) is 10.0 Å². The molecular formula is C24H23N3O4S2. The molecule has 0 aliphatic heterocycles. The van der Waals surface area contributed by atoms with Crippen LogP contribution in [0.5, 0.6) is 5.75 Å². The van der Waals surface area contributed by atoms with Gasteiger partial charge in [-0.15, -0.1) is 11.3 Å². The van der Waals surface area contributed by atoms with Crippen molar-refractivity contribution < 1.29 is 17.9 Å². The highest BCUT2D eigenvalue weighted by molar-refractivity contribution is 7.93. The molecule has 33 heavy (non-hydrogen) atoms. The zero-order valence-corrected chi connectivity index (χ0v) is 19.8. The third kappa shape index (κ3) is 4.99. The summed E-state index contributed by atoms with van der Waals surface area (Å²) in [5.74, 6) is 0.448. The number of thiazole rings is 1. The van der Waals surface area contributed by atoms with Crippen molar-refractivity contribution in [3.63, 3.8) is 0 Å². The monoisotopic (exact) mass is 481 g/mol. The van der Waals surface area contributed by atoms with Crippen LogP contribution in [0.15, 0.2) is 83.2 Å². The second-order valence-corrected chi connectivity index (χ2v) is 10.2. The molecule has 0 spiro atoms. The number of ether oxygens (including phenoxy) is 1. The molecule has 0 bridgehead atoms. The number of likely N-dealkylation sites (N-methyl/N-ethyl adjacent to an activating group) is 1. The highest BCUT2D eigenvalue weighted by Gasteiger charge is 2.29.